The molecule has 0 radical (unpaired) electrons. The molecule has 0 aliphatic heterocycles. The van der Waals surface area contributed by atoms with Crippen LogP contribution in [0.1, 0.15) is 6.92 Å². The number of ether oxygens (including phenoxy) is 2. The number of carbonyl (C=O) groups excluding carboxylic acids is 2. The molecule has 0 aromatic heterocycles. The van der Waals surface area contributed by atoms with Crippen molar-refractivity contribution in [2.75, 3.05) is 7.11 Å². The lowest BCUT2D eigenvalue weighted by Crippen LogP contribution is -2.10. The predicted molar refractivity (Wildman–Crippen MR) is 55.1 cm³/mol. The molecule has 4 nitrogen and oxygen atoms in total. The van der Waals surface area contributed by atoms with Gasteiger partial charge in [0.05, 0.1) is 7.11 Å². The van der Waals surface area contributed by atoms with Crippen molar-refractivity contribution in [2.24, 2.45) is 0 Å². The van der Waals surface area contributed by atoms with Gasteiger partial charge in [-0.05, 0) is 6.92 Å². The fourth-order valence-corrected chi connectivity index (χ4v) is 1.47. The second-order valence-corrected chi connectivity index (χ2v) is 4.78. The third kappa shape index (κ3) is 5.73. The zero-order valence-corrected chi connectivity index (χ0v) is 9.65. The first-order chi connectivity index (χ1) is 5.97. The summed E-state index contributed by atoms with van der Waals surface area (Å²) in [5.41, 5.74) is -0.617. The largest absolute Gasteiger partial charge is 0.466 e. The molecule has 3 unspecified atom stereocenters. The summed E-state index contributed by atoms with van der Waals surface area (Å²) in [4.78, 5) is 21.7. The SMILES string of the molecule is C=C(C)C(=O)OC(P)PC(=O)OC. The number of esters is 1. The van der Waals surface area contributed by atoms with Crippen LogP contribution in [0.2, 0.25) is 0 Å². The van der Waals surface area contributed by atoms with Crippen LogP contribution in [0.15, 0.2) is 12.2 Å². The second-order valence-electron chi connectivity index (χ2n) is 2.24. The Bertz CT molecular complexity index is 227. The highest BCUT2D eigenvalue weighted by Crippen LogP contribution is 2.28. The molecular formula is C7H12O4P2. The van der Waals surface area contributed by atoms with E-state index in [1.807, 2.05) is 0 Å². The smallest absolute Gasteiger partial charge is 0.334 e. The van der Waals surface area contributed by atoms with Gasteiger partial charge in [-0.1, -0.05) is 15.8 Å². The van der Waals surface area contributed by atoms with Gasteiger partial charge in [0, 0.05) is 14.2 Å². The molecule has 0 rings (SSSR count). The van der Waals surface area contributed by atoms with E-state index in [2.05, 4.69) is 20.6 Å². The molecule has 0 spiro atoms. The van der Waals surface area contributed by atoms with Crippen molar-refractivity contribution in [3.05, 3.63) is 12.2 Å². The van der Waals surface area contributed by atoms with Gasteiger partial charge in [0.25, 0.3) is 0 Å². The normalized spacial score (nSPS) is 12.5. The van der Waals surface area contributed by atoms with Crippen molar-refractivity contribution in [3.8, 4) is 0 Å². The molecule has 0 aromatic rings. The Morgan fingerprint density at radius 2 is 2.08 bits per heavy atom. The summed E-state index contributed by atoms with van der Waals surface area (Å²) in [5, 5.41) is 0. The number of hydrogen-bond acceptors (Lipinski definition) is 4. The van der Waals surface area contributed by atoms with Gasteiger partial charge in [0.1, 0.15) is 5.59 Å². The molecule has 0 bridgehead atoms. The van der Waals surface area contributed by atoms with Crippen molar-refractivity contribution in [3.63, 3.8) is 0 Å². The summed E-state index contributed by atoms with van der Waals surface area (Å²) >= 11 is 0. The van der Waals surface area contributed by atoms with Gasteiger partial charge >= 0.3 is 11.7 Å². The molecular weight excluding hydrogens is 210 g/mol. The lowest BCUT2D eigenvalue weighted by molar-refractivity contribution is -0.137. The van der Waals surface area contributed by atoms with E-state index in [9.17, 15) is 9.59 Å². The van der Waals surface area contributed by atoms with Gasteiger partial charge in [-0.15, -0.1) is 0 Å². The topological polar surface area (TPSA) is 52.6 Å². The maximum Gasteiger partial charge on any atom is 0.334 e. The van der Waals surface area contributed by atoms with Gasteiger partial charge in [-0.25, -0.2) is 9.59 Å². The molecule has 0 saturated carbocycles. The van der Waals surface area contributed by atoms with Crippen LogP contribution >= 0.6 is 17.8 Å². The lowest BCUT2D eigenvalue weighted by atomic mass is 10.4. The van der Waals surface area contributed by atoms with Crippen LogP contribution in [0.5, 0.6) is 0 Å². The summed E-state index contributed by atoms with van der Waals surface area (Å²) in [6.07, 6.45) is 0. The zero-order chi connectivity index (χ0) is 10.4. The molecule has 13 heavy (non-hydrogen) atoms. The van der Waals surface area contributed by atoms with E-state index in [1.54, 1.807) is 6.92 Å². The minimum absolute atomic E-state index is 0.217. The van der Waals surface area contributed by atoms with Crippen LogP contribution in [0.25, 0.3) is 0 Å². The molecule has 0 aliphatic rings. The van der Waals surface area contributed by atoms with Gasteiger partial charge in [-0.3, -0.25) is 0 Å². The summed E-state index contributed by atoms with van der Waals surface area (Å²) in [5.74, 6) is -0.503. The predicted octanol–water partition coefficient (Wildman–Crippen LogP) is 1.71. The highest BCUT2D eigenvalue weighted by Gasteiger charge is 2.13. The van der Waals surface area contributed by atoms with E-state index in [0.29, 0.717) is 5.57 Å². The number of methoxy groups -OCH3 is 1. The van der Waals surface area contributed by atoms with E-state index in [-0.39, 0.29) is 8.58 Å². The van der Waals surface area contributed by atoms with Gasteiger partial charge in [0.2, 0.25) is 0 Å². The zero-order valence-electron chi connectivity index (χ0n) is 7.49. The molecule has 6 heteroatoms. The van der Waals surface area contributed by atoms with Gasteiger partial charge < -0.3 is 9.47 Å². The first-order valence-electron chi connectivity index (χ1n) is 3.44. The number of carbonyl (C=O) groups is 2. The molecule has 0 heterocycles. The average molecular weight is 222 g/mol. The third-order valence-corrected chi connectivity index (χ3v) is 2.51. The summed E-state index contributed by atoms with van der Waals surface area (Å²) in [7, 11) is 3.32. The molecule has 0 amide bonds. The Morgan fingerprint density at radius 3 is 2.46 bits per heavy atom. The summed E-state index contributed by atoms with van der Waals surface area (Å²) < 4.78 is 9.23. The Morgan fingerprint density at radius 1 is 1.54 bits per heavy atom. The molecule has 0 N–H and O–H groups in total. The first kappa shape index (κ1) is 12.5. The quantitative estimate of drug-likeness (QED) is 0.412. The third-order valence-electron chi connectivity index (χ3n) is 1.03. The summed E-state index contributed by atoms with van der Waals surface area (Å²) in [6.45, 7) is 4.95. The van der Waals surface area contributed by atoms with Gasteiger partial charge in [-0.2, -0.15) is 0 Å². The Hall–Kier alpha value is -0.460. The Labute approximate surface area is 81.0 Å². The van der Waals surface area contributed by atoms with E-state index in [0.717, 1.165) is 0 Å². The Kier molecular flexibility index (Phi) is 5.85. The standard InChI is InChI=1S/C7H12O4P2/c1-4(2)5(8)11-7(12)13-6(9)10-3/h7,13H,1,12H2,2-3H3. The summed E-state index contributed by atoms with van der Waals surface area (Å²) in [6, 6.07) is 0. The highest BCUT2D eigenvalue weighted by atomic mass is 31.1. The van der Waals surface area contributed by atoms with Crippen molar-refractivity contribution in [2.45, 2.75) is 12.5 Å². The monoisotopic (exact) mass is 222 g/mol. The van der Waals surface area contributed by atoms with Crippen LogP contribution in [0, 0.1) is 0 Å². The van der Waals surface area contributed by atoms with Crippen LogP contribution in [-0.2, 0) is 14.3 Å². The minimum Gasteiger partial charge on any atom is -0.466 e. The molecule has 0 aliphatic carbocycles. The van der Waals surface area contributed by atoms with Crippen molar-refractivity contribution >= 4 is 29.5 Å². The maximum absolute atomic E-state index is 10.9. The van der Waals surface area contributed by atoms with E-state index in [1.165, 1.54) is 7.11 Å². The van der Waals surface area contributed by atoms with E-state index >= 15 is 0 Å². The molecule has 0 saturated heterocycles. The van der Waals surface area contributed by atoms with Crippen LogP contribution < -0.4 is 0 Å². The molecule has 3 atom stereocenters. The van der Waals surface area contributed by atoms with E-state index in [4.69, 9.17) is 4.74 Å². The van der Waals surface area contributed by atoms with Crippen LogP contribution in [0.4, 0.5) is 4.79 Å². The van der Waals surface area contributed by atoms with Crippen molar-refractivity contribution < 1.29 is 19.1 Å². The molecule has 74 valence electrons. The average Bonchev–Trinajstić information content (AvgIpc) is 2.03. The minimum atomic E-state index is -0.531. The first-order valence-corrected chi connectivity index (χ1v) is 5.18. The van der Waals surface area contributed by atoms with Crippen molar-refractivity contribution in [1.29, 1.82) is 0 Å². The maximum atomic E-state index is 10.9. The van der Waals surface area contributed by atoms with Gasteiger partial charge in [0.15, 0.2) is 0 Å². The van der Waals surface area contributed by atoms with Crippen LogP contribution in [-0.4, -0.2) is 24.4 Å². The highest BCUT2D eigenvalue weighted by molar-refractivity contribution is 7.64. The fourth-order valence-electron chi connectivity index (χ4n) is 0.420. The Balaban J connectivity index is 3.87. The molecule has 0 fully saturated rings. The second kappa shape index (κ2) is 6.06. The number of hydrogen-bond donors (Lipinski definition) is 0. The number of rotatable bonds is 4. The van der Waals surface area contributed by atoms with Crippen LogP contribution in [0.3, 0.4) is 0 Å². The van der Waals surface area contributed by atoms with E-state index < -0.39 is 17.3 Å². The lowest BCUT2D eigenvalue weighted by Gasteiger charge is -2.10. The fraction of sp³-hybridized carbons (Fsp3) is 0.429. The van der Waals surface area contributed by atoms with Crippen molar-refractivity contribution in [1.82, 2.24) is 0 Å². The molecule has 0 aromatic carbocycles.